The molecule has 294 valence electrons. The van der Waals surface area contributed by atoms with E-state index in [9.17, 15) is 61.0 Å². The average molecular weight is 757 g/mol. The molecule has 19 nitrogen and oxygen atoms in total. The third-order valence-electron chi connectivity index (χ3n) is 9.09. The average Bonchev–Trinajstić information content (AvgIpc) is 3.42. The van der Waals surface area contributed by atoms with Crippen LogP contribution < -0.4 is 0 Å². The Morgan fingerprint density at radius 2 is 1.51 bits per heavy atom. The SMILES string of the molecule is CC1O[C@@H](OC[C@H]2O[C@@H](OCCc3ccc(O)c(O)c3)[C@H](O)[C@H](OC3OCC(O)(CO)C3O)[C@@H]2OC(=O)/C=C/c2ccc(O)c(O)c2)[C@H](O)[C@@H](O)[C@H]1O. The van der Waals surface area contributed by atoms with Gasteiger partial charge < -0.3 is 89.3 Å². The molecule has 2 aromatic rings. The maximum atomic E-state index is 13.2. The number of aromatic hydroxyl groups is 4. The number of hydrogen-bond acceptors (Lipinski definition) is 19. The number of aliphatic hydroxyl groups is 7. The van der Waals surface area contributed by atoms with Crippen LogP contribution in [0.15, 0.2) is 42.5 Å². The molecule has 13 atom stereocenters. The smallest absolute Gasteiger partial charge is 0.331 e. The molecule has 0 amide bonds. The van der Waals surface area contributed by atoms with Gasteiger partial charge in [0.2, 0.25) is 0 Å². The molecule has 0 spiro atoms. The van der Waals surface area contributed by atoms with Crippen molar-refractivity contribution in [3.05, 3.63) is 53.6 Å². The summed E-state index contributed by atoms with van der Waals surface area (Å²) in [7, 11) is 0. The highest BCUT2D eigenvalue weighted by Crippen LogP contribution is 2.34. The summed E-state index contributed by atoms with van der Waals surface area (Å²) >= 11 is 0. The van der Waals surface area contributed by atoms with Crippen LogP contribution in [-0.4, -0.2) is 168 Å². The second kappa shape index (κ2) is 17.2. The molecule has 53 heavy (non-hydrogen) atoms. The largest absolute Gasteiger partial charge is 0.504 e. The highest BCUT2D eigenvalue weighted by molar-refractivity contribution is 5.87. The molecular weight excluding hydrogens is 712 g/mol. The Kier molecular flexibility index (Phi) is 13.2. The summed E-state index contributed by atoms with van der Waals surface area (Å²) in [5.74, 6) is -2.62. The van der Waals surface area contributed by atoms with E-state index in [0.29, 0.717) is 5.56 Å². The van der Waals surface area contributed by atoms with Gasteiger partial charge in [-0.05, 0) is 54.8 Å². The van der Waals surface area contributed by atoms with Crippen molar-refractivity contribution in [1.29, 1.82) is 0 Å². The van der Waals surface area contributed by atoms with Gasteiger partial charge in [-0.1, -0.05) is 12.1 Å². The molecule has 3 aliphatic rings. The number of carbonyl (C=O) groups excluding carboxylic acids is 1. The molecule has 0 radical (unpaired) electrons. The Bertz CT molecular complexity index is 1570. The van der Waals surface area contributed by atoms with Gasteiger partial charge in [0.25, 0.3) is 0 Å². The van der Waals surface area contributed by atoms with E-state index in [-0.39, 0.29) is 30.1 Å². The minimum atomic E-state index is -2.14. The zero-order valence-electron chi connectivity index (χ0n) is 28.3. The number of esters is 1. The first-order chi connectivity index (χ1) is 25.1. The summed E-state index contributed by atoms with van der Waals surface area (Å²) in [5, 5.41) is 112. The van der Waals surface area contributed by atoms with Gasteiger partial charge in [-0.3, -0.25) is 0 Å². The number of rotatable bonds is 13. The van der Waals surface area contributed by atoms with Crippen LogP contribution >= 0.6 is 0 Å². The van der Waals surface area contributed by atoms with Crippen LogP contribution in [-0.2, 0) is 44.4 Å². The second-order valence-electron chi connectivity index (χ2n) is 13.0. The fraction of sp³-hybridized carbons (Fsp3) is 0.559. The van der Waals surface area contributed by atoms with Crippen LogP contribution in [0.3, 0.4) is 0 Å². The monoisotopic (exact) mass is 756 g/mol. The topological polar surface area (TPSA) is 304 Å². The molecular formula is C34H44O19. The van der Waals surface area contributed by atoms with Gasteiger partial charge in [0, 0.05) is 6.08 Å². The molecule has 0 aromatic heterocycles. The predicted molar refractivity (Wildman–Crippen MR) is 174 cm³/mol. The predicted octanol–water partition coefficient (Wildman–Crippen LogP) is -2.55. The lowest BCUT2D eigenvalue weighted by Gasteiger charge is -2.45. The van der Waals surface area contributed by atoms with Crippen molar-refractivity contribution in [1.82, 2.24) is 0 Å². The van der Waals surface area contributed by atoms with Crippen molar-refractivity contribution >= 4 is 12.0 Å². The first-order valence-corrected chi connectivity index (χ1v) is 16.6. The Morgan fingerprint density at radius 3 is 2.17 bits per heavy atom. The summed E-state index contributed by atoms with van der Waals surface area (Å²) in [6.45, 7) is -0.819. The van der Waals surface area contributed by atoms with E-state index >= 15 is 0 Å². The van der Waals surface area contributed by atoms with E-state index in [1.807, 2.05) is 0 Å². The molecule has 2 aromatic carbocycles. The van der Waals surface area contributed by atoms with Gasteiger partial charge in [-0.2, -0.15) is 0 Å². The maximum absolute atomic E-state index is 13.2. The molecule has 3 saturated heterocycles. The molecule has 3 aliphatic heterocycles. The third kappa shape index (κ3) is 9.35. The normalized spacial score (nSPS) is 36.2. The van der Waals surface area contributed by atoms with E-state index in [1.54, 1.807) is 0 Å². The highest BCUT2D eigenvalue weighted by Gasteiger charge is 2.55. The van der Waals surface area contributed by atoms with E-state index in [4.69, 9.17) is 33.2 Å². The first-order valence-electron chi connectivity index (χ1n) is 16.6. The zero-order chi connectivity index (χ0) is 38.6. The molecule has 4 unspecified atom stereocenters. The third-order valence-corrected chi connectivity index (χ3v) is 9.09. The molecule has 0 bridgehead atoms. The fourth-order valence-electron chi connectivity index (χ4n) is 5.87. The molecule has 19 heteroatoms. The van der Waals surface area contributed by atoms with Crippen molar-refractivity contribution in [2.24, 2.45) is 0 Å². The van der Waals surface area contributed by atoms with Gasteiger partial charge in [0.15, 0.2) is 48.0 Å². The summed E-state index contributed by atoms with van der Waals surface area (Å²) in [5.41, 5.74) is -1.33. The maximum Gasteiger partial charge on any atom is 0.331 e. The second-order valence-corrected chi connectivity index (χ2v) is 13.0. The Labute approximate surface area is 302 Å². The van der Waals surface area contributed by atoms with Crippen molar-refractivity contribution in [2.45, 2.75) is 92.8 Å². The Balaban J connectivity index is 1.41. The lowest BCUT2D eigenvalue weighted by atomic mass is 9.97. The molecule has 0 saturated carbocycles. The minimum Gasteiger partial charge on any atom is -0.504 e. The summed E-state index contributed by atoms with van der Waals surface area (Å²) in [6, 6.07) is 7.82. The Hall–Kier alpha value is -3.67. The molecule has 5 rings (SSSR count). The van der Waals surface area contributed by atoms with Crippen LogP contribution in [0.1, 0.15) is 18.1 Å². The Morgan fingerprint density at radius 1 is 0.830 bits per heavy atom. The van der Waals surface area contributed by atoms with Crippen LogP contribution in [0.4, 0.5) is 0 Å². The minimum absolute atomic E-state index is 0.136. The molecule has 3 heterocycles. The number of phenols is 4. The standard InChI is InChI=1S/C34H44O19/c1-15-24(41)25(42)26(43)31(50-15)48-12-22-28(52-23(40)7-4-16-2-5-18(36)20(38)10-16)29(53-33-30(45)34(46,13-35)14-49-33)27(44)32(51-22)47-9-8-17-3-6-19(37)21(39)11-17/h2-7,10-11,15,22,24-33,35-39,41-46H,8-9,12-14H2,1H3/b7-4+/t15?,22-,24+,25+,26-,27-,28-,29+,30?,31-,32-,33?,34?/m1/s1. The van der Waals surface area contributed by atoms with Crippen LogP contribution in [0.5, 0.6) is 23.0 Å². The molecule has 0 aliphatic carbocycles. The van der Waals surface area contributed by atoms with Gasteiger partial charge in [0.05, 0.1) is 32.5 Å². The molecule has 3 fully saturated rings. The van der Waals surface area contributed by atoms with E-state index in [1.165, 1.54) is 49.4 Å². The number of benzene rings is 2. The van der Waals surface area contributed by atoms with E-state index in [0.717, 1.165) is 6.08 Å². The summed E-state index contributed by atoms with van der Waals surface area (Å²) in [6.07, 6.45) is -16.7. The summed E-state index contributed by atoms with van der Waals surface area (Å²) < 4.78 is 40.0. The van der Waals surface area contributed by atoms with Gasteiger partial charge in [-0.15, -0.1) is 0 Å². The summed E-state index contributed by atoms with van der Waals surface area (Å²) in [4.78, 5) is 13.2. The van der Waals surface area contributed by atoms with Crippen LogP contribution in [0.25, 0.3) is 6.08 Å². The highest BCUT2D eigenvalue weighted by atomic mass is 16.8. The van der Waals surface area contributed by atoms with Crippen molar-refractivity contribution < 1.29 is 94.1 Å². The van der Waals surface area contributed by atoms with Gasteiger partial charge >= 0.3 is 5.97 Å². The van der Waals surface area contributed by atoms with Gasteiger partial charge in [-0.25, -0.2) is 4.79 Å². The fourth-order valence-corrected chi connectivity index (χ4v) is 5.87. The van der Waals surface area contributed by atoms with Crippen LogP contribution in [0.2, 0.25) is 0 Å². The number of ether oxygens (including phenoxy) is 7. The van der Waals surface area contributed by atoms with E-state index in [2.05, 4.69) is 0 Å². The molecule has 11 N–H and O–H groups in total. The zero-order valence-corrected chi connectivity index (χ0v) is 28.3. The number of hydrogen-bond donors (Lipinski definition) is 11. The number of aliphatic hydroxyl groups excluding tert-OH is 6. The lowest BCUT2D eigenvalue weighted by Crippen LogP contribution is -2.63. The van der Waals surface area contributed by atoms with E-state index < -0.39 is 117 Å². The number of carbonyl (C=O) groups is 1. The van der Waals surface area contributed by atoms with Crippen molar-refractivity contribution in [2.75, 3.05) is 26.4 Å². The quantitative estimate of drug-likeness (QED) is 0.0569. The van der Waals surface area contributed by atoms with Gasteiger partial charge in [0.1, 0.15) is 48.3 Å². The lowest BCUT2D eigenvalue weighted by molar-refractivity contribution is -0.344. The van der Waals surface area contributed by atoms with Crippen molar-refractivity contribution in [3.63, 3.8) is 0 Å². The number of phenolic OH excluding ortho intramolecular Hbond substituents is 4. The van der Waals surface area contributed by atoms with Crippen molar-refractivity contribution in [3.8, 4) is 23.0 Å². The first kappa shape index (κ1) is 40.5. The van der Waals surface area contributed by atoms with Crippen LogP contribution in [0, 0.1) is 0 Å².